The van der Waals surface area contributed by atoms with E-state index < -0.39 is 47.0 Å². The van der Waals surface area contributed by atoms with Gasteiger partial charge in [0.15, 0.2) is 0 Å². The molecular weight excluding hydrogens is 424 g/mol. The van der Waals surface area contributed by atoms with E-state index in [0.717, 1.165) is 0 Å². The quantitative estimate of drug-likeness (QED) is 0.642. The van der Waals surface area contributed by atoms with E-state index in [0.29, 0.717) is 23.6 Å². The van der Waals surface area contributed by atoms with Crippen LogP contribution in [0.5, 0.6) is 0 Å². The molecule has 3 aliphatic heterocycles. The number of nitrogens with zero attached hydrogens (tertiary/aromatic N) is 1. The predicted octanol–water partition coefficient (Wildman–Crippen LogP) is 1.99. The minimum atomic E-state index is -1.15. The number of rotatable bonds is 6. The molecule has 1 spiro atoms. The Hall–Kier alpha value is -2.16. The van der Waals surface area contributed by atoms with Gasteiger partial charge in [-0.1, -0.05) is 11.6 Å². The van der Waals surface area contributed by atoms with Gasteiger partial charge in [0.25, 0.3) is 0 Å². The highest BCUT2D eigenvalue weighted by Gasteiger charge is 2.78. The number of aliphatic hydroxyl groups excluding tert-OH is 1. The molecule has 31 heavy (non-hydrogen) atoms. The number of aliphatic hydroxyl groups is 1. The highest BCUT2D eigenvalue weighted by molar-refractivity contribution is 6.30. The standard InChI is InChI=1S/C22H27ClN2O6/c1-4-30-20(29)16-15-19(28)25(12(2)11-26)17(22(15)10-9-21(16,3)31-22)18(27)24-14-7-5-13(23)6-8-14/h5-8,12,15-17,26H,4,9-11H2,1-3H3,(H,24,27)/t12-,15+,16+,17?,21-,22?/m1/s1. The number of amides is 2. The third-order valence-corrected chi connectivity index (χ3v) is 7.11. The summed E-state index contributed by atoms with van der Waals surface area (Å²) in [6, 6.07) is 5.04. The van der Waals surface area contributed by atoms with Gasteiger partial charge >= 0.3 is 5.97 Å². The second kappa shape index (κ2) is 7.76. The van der Waals surface area contributed by atoms with Crippen LogP contribution in [0.25, 0.3) is 0 Å². The first-order valence-corrected chi connectivity index (χ1v) is 10.9. The molecule has 0 radical (unpaired) electrons. The number of halogens is 1. The molecule has 2 unspecified atom stereocenters. The zero-order valence-electron chi connectivity index (χ0n) is 17.8. The second-order valence-corrected chi connectivity index (χ2v) is 9.19. The van der Waals surface area contributed by atoms with E-state index in [-0.39, 0.29) is 19.1 Å². The number of fused-ring (bicyclic) bond motifs is 1. The van der Waals surface area contributed by atoms with Crippen molar-refractivity contribution >= 4 is 35.1 Å². The van der Waals surface area contributed by atoms with E-state index in [1.165, 1.54) is 4.90 Å². The number of hydrogen-bond donors (Lipinski definition) is 2. The van der Waals surface area contributed by atoms with E-state index in [9.17, 15) is 19.5 Å². The van der Waals surface area contributed by atoms with Gasteiger partial charge in [0.1, 0.15) is 17.6 Å². The van der Waals surface area contributed by atoms with Crippen molar-refractivity contribution in [1.29, 1.82) is 0 Å². The van der Waals surface area contributed by atoms with Gasteiger partial charge < -0.3 is 24.8 Å². The Balaban J connectivity index is 1.74. The Labute approximate surface area is 185 Å². The largest absolute Gasteiger partial charge is 0.466 e. The van der Waals surface area contributed by atoms with E-state index >= 15 is 0 Å². The van der Waals surface area contributed by atoms with E-state index in [1.807, 2.05) is 6.92 Å². The van der Waals surface area contributed by atoms with Crippen LogP contribution in [0.4, 0.5) is 5.69 Å². The maximum atomic E-state index is 13.6. The van der Waals surface area contributed by atoms with E-state index in [1.54, 1.807) is 38.1 Å². The lowest BCUT2D eigenvalue weighted by Crippen LogP contribution is -2.55. The summed E-state index contributed by atoms with van der Waals surface area (Å²) in [5, 5.41) is 13.2. The van der Waals surface area contributed by atoms with Gasteiger partial charge in [0.2, 0.25) is 11.8 Å². The second-order valence-electron chi connectivity index (χ2n) is 8.75. The number of anilines is 1. The molecule has 0 saturated carbocycles. The molecular formula is C22H27ClN2O6. The first-order valence-electron chi connectivity index (χ1n) is 10.5. The molecule has 4 rings (SSSR count). The van der Waals surface area contributed by atoms with Crippen LogP contribution in [0.3, 0.4) is 0 Å². The smallest absolute Gasteiger partial charge is 0.312 e. The summed E-state index contributed by atoms with van der Waals surface area (Å²) < 4.78 is 11.7. The fourth-order valence-electron chi connectivity index (χ4n) is 5.56. The molecule has 0 aliphatic carbocycles. The average Bonchev–Trinajstić information content (AvgIpc) is 3.30. The van der Waals surface area contributed by atoms with E-state index in [4.69, 9.17) is 21.1 Å². The maximum Gasteiger partial charge on any atom is 0.312 e. The SMILES string of the molecule is CCOC(=O)[C@@H]1[C@H]2C(=O)N([C@H](C)CO)C(C(=O)Nc3ccc(Cl)cc3)C23CC[C@@]1(C)O3. The zero-order chi connectivity index (χ0) is 22.6. The molecule has 3 aliphatic rings. The molecule has 9 heteroatoms. The summed E-state index contributed by atoms with van der Waals surface area (Å²) in [4.78, 5) is 41.3. The molecule has 8 nitrogen and oxygen atoms in total. The Morgan fingerprint density at radius 2 is 2.03 bits per heavy atom. The van der Waals surface area contributed by atoms with Gasteiger partial charge in [-0.3, -0.25) is 14.4 Å². The lowest BCUT2D eigenvalue weighted by molar-refractivity contribution is -0.159. The van der Waals surface area contributed by atoms with Crippen molar-refractivity contribution in [3.05, 3.63) is 29.3 Å². The Morgan fingerprint density at radius 1 is 1.35 bits per heavy atom. The number of likely N-dealkylation sites (tertiary alicyclic amines) is 1. The lowest BCUT2D eigenvalue weighted by Gasteiger charge is -2.35. The fourth-order valence-corrected chi connectivity index (χ4v) is 5.68. The molecule has 1 aromatic carbocycles. The van der Waals surface area contributed by atoms with Crippen molar-refractivity contribution in [3.63, 3.8) is 0 Å². The van der Waals surface area contributed by atoms with E-state index in [2.05, 4.69) is 5.32 Å². The highest BCUT2D eigenvalue weighted by atomic mass is 35.5. The molecule has 0 aromatic heterocycles. The molecule has 168 valence electrons. The van der Waals surface area contributed by atoms with Crippen LogP contribution in [-0.4, -0.2) is 64.3 Å². The van der Waals surface area contributed by atoms with Gasteiger partial charge in [-0.15, -0.1) is 0 Å². The van der Waals surface area contributed by atoms with Crippen LogP contribution in [0, 0.1) is 11.8 Å². The molecule has 3 fully saturated rings. The first-order chi connectivity index (χ1) is 14.7. The van der Waals surface area contributed by atoms with Crippen LogP contribution in [0.15, 0.2) is 24.3 Å². The number of ether oxygens (including phenoxy) is 2. The van der Waals surface area contributed by atoms with Crippen molar-refractivity contribution in [3.8, 4) is 0 Å². The van der Waals surface area contributed by atoms with Crippen molar-refractivity contribution in [2.45, 2.75) is 56.9 Å². The summed E-state index contributed by atoms with van der Waals surface area (Å²) in [7, 11) is 0. The number of esters is 1. The molecule has 2 bridgehead atoms. The normalized spacial score (nSPS) is 34.5. The summed E-state index contributed by atoms with van der Waals surface area (Å²) in [6.45, 7) is 5.06. The minimum Gasteiger partial charge on any atom is -0.466 e. The summed E-state index contributed by atoms with van der Waals surface area (Å²) >= 11 is 5.93. The first kappa shape index (κ1) is 22.0. The highest BCUT2D eigenvalue weighted by Crippen LogP contribution is 2.63. The van der Waals surface area contributed by atoms with Crippen molar-refractivity contribution in [2.75, 3.05) is 18.5 Å². The van der Waals surface area contributed by atoms with Crippen molar-refractivity contribution < 1.29 is 29.0 Å². The van der Waals surface area contributed by atoms with Gasteiger partial charge in [-0.2, -0.15) is 0 Å². The average molecular weight is 451 g/mol. The molecule has 1 aromatic rings. The maximum absolute atomic E-state index is 13.6. The van der Waals surface area contributed by atoms with Crippen LogP contribution in [0.1, 0.15) is 33.6 Å². The number of carbonyl (C=O) groups excluding carboxylic acids is 3. The van der Waals surface area contributed by atoms with Gasteiger partial charge in [0.05, 0.1) is 30.8 Å². The number of nitrogens with one attached hydrogen (secondary N) is 1. The van der Waals surface area contributed by atoms with Crippen LogP contribution < -0.4 is 5.32 Å². The molecule has 2 amide bonds. The number of benzene rings is 1. The molecule has 3 saturated heterocycles. The van der Waals surface area contributed by atoms with Crippen LogP contribution >= 0.6 is 11.6 Å². The molecule has 6 atom stereocenters. The third kappa shape index (κ3) is 3.23. The monoisotopic (exact) mass is 450 g/mol. The summed E-state index contributed by atoms with van der Waals surface area (Å²) in [5.41, 5.74) is -1.50. The van der Waals surface area contributed by atoms with Crippen LogP contribution in [-0.2, 0) is 23.9 Å². The molecule has 2 N–H and O–H groups in total. The number of hydrogen-bond acceptors (Lipinski definition) is 6. The van der Waals surface area contributed by atoms with Crippen LogP contribution in [0.2, 0.25) is 5.02 Å². The van der Waals surface area contributed by atoms with Gasteiger partial charge in [-0.25, -0.2) is 0 Å². The predicted molar refractivity (Wildman–Crippen MR) is 112 cm³/mol. The summed E-state index contributed by atoms with van der Waals surface area (Å²) in [5.74, 6) is -2.90. The Kier molecular flexibility index (Phi) is 5.52. The number of carbonyl (C=O) groups is 3. The Morgan fingerprint density at radius 3 is 2.65 bits per heavy atom. The minimum absolute atomic E-state index is 0.191. The lowest BCUT2D eigenvalue weighted by atomic mass is 9.66. The molecule has 3 heterocycles. The topological polar surface area (TPSA) is 105 Å². The van der Waals surface area contributed by atoms with Gasteiger partial charge in [0, 0.05) is 10.7 Å². The zero-order valence-corrected chi connectivity index (χ0v) is 18.5. The Bertz CT molecular complexity index is 908. The summed E-state index contributed by atoms with van der Waals surface area (Å²) in [6.07, 6.45) is 0.996. The fraction of sp³-hybridized carbons (Fsp3) is 0.591. The van der Waals surface area contributed by atoms with Crippen molar-refractivity contribution in [2.24, 2.45) is 11.8 Å². The van der Waals surface area contributed by atoms with Crippen molar-refractivity contribution in [1.82, 2.24) is 4.90 Å². The third-order valence-electron chi connectivity index (χ3n) is 6.85. The van der Waals surface area contributed by atoms with Gasteiger partial charge in [-0.05, 0) is 57.9 Å².